The molecule has 30 heavy (non-hydrogen) atoms. The zero-order chi connectivity index (χ0) is 21.5. The van der Waals surface area contributed by atoms with Crippen LogP contribution in [0.2, 0.25) is 0 Å². The molecule has 0 saturated heterocycles. The van der Waals surface area contributed by atoms with Crippen molar-refractivity contribution < 1.29 is 18.8 Å². The molecule has 1 heterocycles. The van der Waals surface area contributed by atoms with Gasteiger partial charge in [0.2, 0.25) is 11.7 Å². The van der Waals surface area contributed by atoms with Crippen LogP contribution in [-0.2, 0) is 11.3 Å². The Morgan fingerprint density at radius 1 is 1.20 bits per heavy atom. The maximum Gasteiger partial charge on any atom is 0.337 e. The summed E-state index contributed by atoms with van der Waals surface area (Å²) in [5.41, 5.74) is 2.90. The molecule has 2 N–H and O–H groups in total. The van der Waals surface area contributed by atoms with E-state index in [2.05, 4.69) is 20.8 Å². The highest BCUT2D eigenvalue weighted by Gasteiger charge is 2.11. The van der Waals surface area contributed by atoms with Crippen molar-refractivity contribution in [1.82, 2.24) is 15.5 Å². The molecule has 0 fully saturated rings. The van der Waals surface area contributed by atoms with E-state index in [0.29, 0.717) is 34.7 Å². The van der Waals surface area contributed by atoms with Crippen LogP contribution in [0.25, 0.3) is 11.4 Å². The molecule has 0 radical (unpaired) electrons. The summed E-state index contributed by atoms with van der Waals surface area (Å²) in [7, 11) is 1.34. The van der Waals surface area contributed by atoms with Gasteiger partial charge in [0.05, 0.1) is 25.8 Å². The summed E-state index contributed by atoms with van der Waals surface area (Å²) in [6, 6.07) is 12.7. The van der Waals surface area contributed by atoms with Gasteiger partial charge in [-0.2, -0.15) is 4.98 Å². The first kappa shape index (κ1) is 21.3. The first-order chi connectivity index (χ1) is 14.5. The molecular weight excluding hydrogens is 404 g/mol. The summed E-state index contributed by atoms with van der Waals surface area (Å²) in [4.78, 5) is 16.1. The van der Waals surface area contributed by atoms with Gasteiger partial charge < -0.3 is 24.6 Å². The lowest BCUT2D eigenvalue weighted by molar-refractivity contribution is 0.0601. The van der Waals surface area contributed by atoms with Crippen LogP contribution in [0.3, 0.4) is 0 Å². The number of esters is 1. The number of aryl methyl sites for hydroxylation is 1. The van der Waals surface area contributed by atoms with Gasteiger partial charge in [0.15, 0.2) is 5.11 Å². The van der Waals surface area contributed by atoms with Gasteiger partial charge in [-0.3, -0.25) is 0 Å². The third kappa shape index (κ3) is 5.32. The molecule has 1 aromatic heterocycles. The number of rotatable bonds is 7. The number of hydrogen-bond donors (Lipinski definition) is 2. The molecule has 0 saturated carbocycles. The molecule has 0 aliphatic heterocycles. The Hall–Kier alpha value is -3.46. The summed E-state index contributed by atoms with van der Waals surface area (Å²) in [6.45, 7) is 4.71. The van der Waals surface area contributed by atoms with E-state index in [1.807, 2.05) is 44.2 Å². The van der Waals surface area contributed by atoms with Crippen molar-refractivity contribution in [2.24, 2.45) is 0 Å². The van der Waals surface area contributed by atoms with Gasteiger partial charge in [-0.15, -0.1) is 0 Å². The SMILES string of the molecule is CCOc1ccc(-c2noc(CNC(=S)Nc3cc(C(=O)OC)ccc3C)n2)cc1. The second kappa shape index (κ2) is 9.84. The molecule has 0 bridgehead atoms. The second-order valence-electron chi connectivity index (χ2n) is 6.30. The molecule has 0 atom stereocenters. The number of ether oxygens (including phenoxy) is 2. The molecular formula is C21H22N4O4S. The smallest absolute Gasteiger partial charge is 0.337 e. The van der Waals surface area contributed by atoms with E-state index in [9.17, 15) is 4.79 Å². The number of methoxy groups -OCH3 is 1. The Morgan fingerprint density at radius 3 is 2.67 bits per heavy atom. The molecule has 3 rings (SSSR count). The second-order valence-corrected chi connectivity index (χ2v) is 6.71. The van der Waals surface area contributed by atoms with Crippen LogP contribution < -0.4 is 15.4 Å². The van der Waals surface area contributed by atoms with Crippen molar-refractivity contribution >= 4 is 29.0 Å². The maximum atomic E-state index is 11.7. The number of thiocarbonyl (C=S) groups is 1. The van der Waals surface area contributed by atoms with Crippen molar-refractivity contribution in [2.45, 2.75) is 20.4 Å². The topological polar surface area (TPSA) is 98.5 Å². The Kier molecular flexibility index (Phi) is 6.97. The van der Waals surface area contributed by atoms with E-state index >= 15 is 0 Å². The standard InChI is InChI=1S/C21H22N4O4S/c1-4-28-16-9-7-14(8-10-16)19-24-18(29-25-19)12-22-21(30)23-17-11-15(20(26)27-3)6-5-13(17)2/h5-11H,4,12H2,1-3H3,(H2,22,23,30). The largest absolute Gasteiger partial charge is 0.494 e. The van der Waals surface area contributed by atoms with Gasteiger partial charge in [-0.05, 0) is 68.0 Å². The van der Waals surface area contributed by atoms with Crippen LogP contribution >= 0.6 is 12.2 Å². The fourth-order valence-electron chi connectivity index (χ4n) is 2.63. The minimum atomic E-state index is -0.412. The molecule has 156 valence electrons. The van der Waals surface area contributed by atoms with Gasteiger partial charge in [-0.25, -0.2) is 4.79 Å². The predicted octanol–water partition coefficient (Wildman–Crippen LogP) is 3.72. The number of anilines is 1. The van der Waals surface area contributed by atoms with Gasteiger partial charge in [0.25, 0.3) is 0 Å². The van der Waals surface area contributed by atoms with Gasteiger partial charge in [0.1, 0.15) is 5.75 Å². The lowest BCUT2D eigenvalue weighted by atomic mass is 10.1. The van der Waals surface area contributed by atoms with Crippen molar-refractivity contribution in [2.75, 3.05) is 19.0 Å². The molecule has 9 heteroatoms. The van der Waals surface area contributed by atoms with Gasteiger partial charge in [0, 0.05) is 11.3 Å². The minimum absolute atomic E-state index is 0.256. The maximum absolute atomic E-state index is 11.7. The first-order valence-electron chi connectivity index (χ1n) is 9.29. The Balaban J connectivity index is 1.59. The van der Waals surface area contributed by atoms with Crippen LogP contribution in [-0.4, -0.2) is 34.9 Å². The highest BCUT2D eigenvalue weighted by Crippen LogP contribution is 2.20. The Labute approximate surface area is 179 Å². The molecule has 0 unspecified atom stereocenters. The molecule has 2 aromatic carbocycles. The van der Waals surface area contributed by atoms with E-state index in [0.717, 1.165) is 16.9 Å². The number of benzene rings is 2. The van der Waals surface area contributed by atoms with Crippen molar-refractivity contribution in [1.29, 1.82) is 0 Å². The number of hydrogen-bond acceptors (Lipinski definition) is 7. The molecule has 0 aliphatic rings. The van der Waals surface area contributed by atoms with Crippen LogP contribution in [0.5, 0.6) is 5.75 Å². The monoisotopic (exact) mass is 426 g/mol. The average Bonchev–Trinajstić information content (AvgIpc) is 3.23. The zero-order valence-corrected chi connectivity index (χ0v) is 17.7. The third-order valence-corrected chi connectivity index (χ3v) is 4.45. The van der Waals surface area contributed by atoms with Crippen LogP contribution in [0.1, 0.15) is 28.7 Å². The van der Waals surface area contributed by atoms with Crippen LogP contribution in [0.4, 0.5) is 5.69 Å². The molecule has 8 nitrogen and oxygen atoms in total. The molecule has 3 aromatic rings. The first-order valence-corrected chi connectivity index (χ1v) is 9.70. The van der Waals surface area contributed by atoms with Crippen molar-refractivity contribution in [3.63, 3.8) is 0 Å². The van der Waals surface area contributed by atoms with Crippen LogP contribution in [0.15, 0.2) is 47.0 Å². The van der Waals surface area contributed by atoms with Crippen molar-refractivity contribution in [3.8, 4) is 17.1 Å². The lowest BCUT2D eigenvalue weighted by Gasteiger charge is -2.12. The zero-order valence-electron chi connectivity index (χ0n) is 16.9. The Morgan fingerprint density at radius 2 is 1.97 bits per heavy atom. The van der Waals surface area contributed by atoms with E-state index < -0.39 is 5.97 Å². The fourth-order valence-corrected chi connectivity index (χ4v) is 2.82. The number of aromatic nitrogens is 2. The summed E-state index contributed by atoms with van der Waals surface area (Å²) in [5.74, 6) is 1.25. The van der Waals surface area contributed by atoms with Gasteiger partial charge >= 0.3 is 5.97 Å². The Bertz CT molecular complexity index is 1030. The summed E-state index contributed by atoms with van der Waals surface area (Å²) in [5, 5.41) is 10.4. The fraction of sp³-hybridized carbons (Fsp3) is 0.238. The number of nitrogens with zero attached hydrogens (tertiary/aromatic N) is 2. The summed E-state index contributed by atoms with van der Waals surface area (Å²) >= 11 is 5.33. The highest BCUT2D eigenvalue weighted by atomic mass is 32.1. The van der Waals surface area contributed by atoms with E-state index in [-0.39, 0.29) is 6.54 Å². The van der Waals surface area contributed by atoms with E-state index in [1.54, 1.807) is 12.1 Å². The third-order valence-electron chi connectivity index (χ3n) is 4.20. The van der Waals surface area contributed by atoms with Crippen LogP contribution in [0, 0.1) is 6.92 Å². The van der Waals surface area contributed by atoms with Gasteiger partial charge in [-0.1, -0.05) is 11.2 Å². The predicted molar refractivity (Wildman–Crippen MR) is 116 cm³/mol. The number of nitrogens with one attached hydrogen (secondary N) is 2. The number of carbonyl (C=O) groups is 1. The van der Waals surface area contributed by atoms with Crippen molar-refractivity contribution in [3.05, 3.63) is 59.5 Å². The summed E-state index contributed by atoms with van der Waals surface area (Å²) in [6.07, 6.45) is 0. The van der Waals surface area contributed by atoms with E-state index in [4.69, 9.17) is 26.2 Å². The highest BCUT2D eigenvalue weighted by molar-refractivity contribution is 7.80. The quantitative estimate of drug-likeness (QED) is 0.433. The molecule has 0 amide bonds. The van der Waals surface area contributed by atoms with E-state index in [1.165, 1.54) is 7.11 Å². The normalized spacial score (nSPS) is 10.4. The molecule has 0 aliphatic carbocycles. The molecule has 0 spiro atoms. The number of carbonyl (C=O) groups excluding carboxylic acids is 1. The lowest BCUT2D eigenvalue weighted by Crippen LogP contribution is -2.28. The average molecular weight is 426 g/mol. The summed E-state index contributed by atoms with van der Waals surface area (Å²) < 4.78 is 15.5. The minimum Gasteiger partial charge on any atom is -0.494 e.